The summed E-state index contributed by atoms with van der Waals surface area (Å²) in [7, 11) is 3.34. The fraction of sp³-hybridized carbons (Fsp3) is 0.200. The fourth-order valence-electron chi connectivity index (χ4n) is 3.39. The molecular formula is C20H18N2O3S. The number of amides is 1. The van der Waals surface area contributed by atoms with Gasteiger partial charge in [0.15, 0.2) is 0 Å². The molecule has 0 aliphatic carbocycles. The molecule has 3 aromatic rings. The Bertz CT molecular complexity index is 1020. The van der Waals surface area contributed by atoms with E-state index in [0.717, 1.165) is 21.9 Å². The lowest BCUT2D eigenvalue weighted by Gasteiger charge is -2.32. The van der Waals surface area contributed by atoms with E-state index in [4.69, 9.17) is 4.74 Å². The van der Waals surface area contributed by atoms with Gasteiger partial charge in [-0.2, -0.15) is 0 Å². The van der Waals surface area contributed by atoms with Gasteiger partial charge in [-0.1, -0.05) is 41.7 Å². The Kier molecular flexibility index (Phi) is 4.12. The Morgan fingerprint density at radius 3 is 2.58 bits per heavy atom. The van der Waals surface area contributed by atoms with E-state index in [0.29, 0.717) is 12.2 Å². The number of nitrogens with zero attached hydrogens (tertiary/aromatic N) is 2. The number of ether oxygens (including phenoxy) is 1. The van der Waals surface area contributed by atoms with Gasteiger partial charge in [0.1, 0.15) is 11.6 Å². The summed E-state index contributed by atoms with van der Waals surface area (Å²) in [5, 5.41) is 0. The third-order valence-electron chi connectivity index (χ3n) is 4.68. The molecule has 1 amide bonds. The summed E-state index contributed by atoms with van der Waals surface area (Å²) >= 11 is 1.21. The maximum atomic E-state index is 13.0. The van der Waals surface area contributed by atoms with Crippen molar-refractivity contribution in [3.05, 3.63) is 74.7 Å². The monoisotopic (exact) mass is 366 g/mol. The largest absolute Gasteiger partial charge is 0.497 e. The molecule has 2 heterocycles. The molecule has 2 aromatic carbocycles. The quantitative estimate of drug-likeness (QED) is 0.711. The van der Waals surface area contributed by atoms with Gasteiger partial charge in [0, 0.05) is 19.4 Å². The second-order valence-corrected chi connectivity index (χ2v) is 7.21. The lowest BCUT2D eigenvalue weighted by molar-refractivity contribution is -0.118. The Labute approximate surface area is 155 Å². The van der Waals surface area contributed by atoms with Gasteiger partial charge >= 0.3 is 4.87 Å². The van der Waals surface area contributed by atoms with Gasteiger partial charge in [0.05, 0.1) is 17.7 Å². The molecule has 0 radical (unpaired) electrons. The first-order chi connectivity index (χ1) is 12.6. The topological polar surface area (TPSA) is 51.5 Å². The number of hydrogen-bond donors (Lipinski definition) is 0. The van der Waals surface area contributed by atoms with Crippen LogP contribution < -0.4 is 14.5 Å². The van der Waals surface area contributed by atoms with Crippen LogP contribution in [0.4, 0.5) is 11.5 Å². The van der Waals surface area contributed by atoms with Crippen molar-refractivity contribution in [2.45, 2.75) is 12.3 Å². The highest BCUT2D eigenvalue weighted by Crippen LogP contribution is 2.44. The molecule has 0 saturated carbocycles. The standard InChI is InChI=1S/C20H18N2O3S/c1-21-19-18(26-20(21)24)16(13-7-6-10-15(11-13)25-2)12-17(23)22(19)14-8-4-3-5-9-14/h3-11,16H,12H2,1-2H3. The molecule has 132 valence electrons. The molecule has 26 heavy (non-hydrogen) atoms. The number of thiazole rings is 1. The first-order valence-electron chi connectivity index (χ1n) is 8.32. The lowest BCUT2D eigenvalue weighted by atomic mass is 9.90. The van der Waals surface area contributed by atoms with Gasteiger partial charge in [-0.3, -0.25) is 19.1 Å². The molecule has 5 nitrogen and oxygen atoms in total. The molecule has 6 heteroatoms. The second kappa shape index (κ2) is 6.46. The molecular weight excluding hydrogens is 348 g/mol. The summed E-state index contributed by atoms with van der Waals surface area (Å²) in [5.74, 6) is 1.23. The van der Waals surface area contributed by atoms with Crippen LogP contribution in [0.3, 0.4) is 0 Å². The SMILES string of the molecule is COc1cccc(C2CC(=O)N(c3ccccc3)c3c2sc(=O)n3C)c1. The van der Waals surface area contributed by atoms with Crippen molar-refractivity contribution < 1.29 is 9.53 Å². The molecule has 0 saturated heterocycles. The zero-order valence-electron chi connectivity index (χ0n) is 14.5. The third kappa shape index (κ3) is 2.63. The number of hydrogen-bond acceptors (Lipinski definition) is 4. The van der Waals surface area contributed by atoms with Crippen LogP contribution >= 0.6 is 11.3 Å². The van der Waals surface area contributed by atoms with Crippen LogP contribution in [0.2, 0.25) is 0 Å². The Morgan fingerprint density at radius 2 is 1.85 bits per heavy atom. The van der Waals surface area contributed by atoms with Gasteiger partial charge in [0.25, 0.3) is 0 Å². The summed E-state index contributed by atoms with van der Waals surface area (Å²) in [6.07, 6.45) is 0.314. The van der Waals surface area contributed by atoms with Gasteiger partial charge in [-0.05, 0) is 29.8 Å². The van der Waals surface area contributed by atoms with Crippen LogP contribution in [0.5, 0.6) is 5.75 Å². The second-order valence-electron chi connectivity index (χ2n) is 6.21. The highest BCUT2D eigenvalue weighted by molar-refractivity contribution is 7.10. The van der Waals surface area contributed by atoms with E-state index in [1.807, 2.05) is 54.6 Å². The Balaban J connectivity index is 1.89. The molecule has 1 aromatic heterocycles. The van der Waals surface area contributed by atoms with Gasteiger partial charge in [-0.15, -0.1) is 0 Å². The summed E-state index contributed by atoms with van der Waals surface area (Å²) in [6, 6.07) is 17.2. The van der Waals surface area contributed by atoms with Gasteiger partial charge in [0.2, 0.25) is 5.91 Å². The number of aromatic nitrogens is 1. The number of carbonyl (C=O) groups excluding carboxylic acids is 1. The van der Waals surface area contributed by atoms with Crippen LogP contribution in [-0.4, -0.2) is 17.6 Å². The summed E-state index contributed by atoms with van der Waals surface area (Å²) < 4.78 is 6.89. The minimum absolute atomic E-state index is 0.0232. The van der Waals surface area contributed by atoms with E-state index < -0.39 is 0 Å². The molecule has 0 N–H and O–H groups in total. The van der Waals surface area contributed by atoms with Crippen molar-refractivity contribution in [1.82, 2.24) is 4.57 Å². The van der Waals surface area contributed by atoms with Crippen LogP contribution in [0.1, 0.15) is 22.8 Å². The average molecular weight is 366 g/mol. The maximum absolute atomic E-state index is 13.0. The van der Waals surface area contributed by atoms with Crippen LogP contribution in [0.15, 0.2) is 59.4 Å². The predicted molar refractivity (Wildman–Crippen MR) is 103 cm³/mol. The first-order valence-corrected chi connectivity index (χ1v) is 9.13. The molecule has 0 bridgehead atoms. The average Bonchev–Trinajstić information content (AvgIpc) is 2.97. The third-order valence-corrected chi connectivity index (χ3v) is 5.81. The van der Waals surface area contributed by atoms with Crippen molar-refractivity contribution in [1.29, 1.82) is 0 Å². The molecule has 1 unspecified atom stereocenters. The molecule has 4 rings (SSSR count). The van der Waals surface area contributed by atoms with E-state index in [9.17, 15) is 9.59 Å². The maximum Gasteiger partial charge on any atom is 0.308 e. The number of para-hydroxylation sites is 1. The molecule has 1 atom stereocenters. The number of methoxy groups -OCH3 is 1. The van der Waals surface area contributed by atoms with Crippen molar-refractivity contribution >= 4 is 28.7 Å². The summed E-state index contributed by atoms with van der Waals surface area (Å²) in [6.45, 7) is 0. The fourth-order valence-corrected chi connectivity index (χ4v) is 4.49. The van der Waals surface area contributed by atoms with E-state index in [1.54, 1.807) is 23.6 Å². The predicted octanol–water partition coefficient (Wildman–Crippen LogP) is 3.66. The van der Waals surface area contributed by atoms with Crippen molar-refractivity contribution in [2.75, 3.05) is 12.0 Å². The van der Waals surface area contributed by atoms with E-state index in [-0.39, 0.29) is 16.7 Å². The minimum atomic E-state index is -0.147. The van der Waals surface area contributed by atoms with Crippen LogP contribution in [-0.2, 0) is 11.8 Å². The number of anilines is 2. The van der Waals surface area contributed by atoms with Crippen molar-refractivity contribution in [3.63, 3.8) is 0 Å². The van der Waals surface area contributed by atoms with Crippen molar-refractivity contribution in [3.8, 4) is 5.75 Å². The zero-order chi connectivity index (χ0) is 18.3. The highest BCUT2D eigenvalue weighted by atomic mass is 32.1. The first kappa shape index (κ1) is 16.6. The molecule has 0 spiro atoms. The Hall–Kier alpha value is -2.86. The normalized spacial score (nSPS) is 16.5. The number of fused-ring (bicyclic) bond motifs is 1. The number of benzene rings is 2. The lowest BCUT2D eigenvalue weighted by Crippen LogP contribution is -2.34. The van der Waals surface area contributed by atoms with E-state index in [2.05, 4.69) is 0 Å². The van der Waals surface area contributed by atoms with Crippen LogP contribution in [0, 0.1) is 0 Å². The van der Waals surface area contributed by atoms with Gasteiger partial charge < -0.3 is 4.74 Å². The number of rotatable bonds is 3. The highest BCUT2D eigenvalue weighted by Gasteiger charge is 2.37. The zero-order valence-corrected chi connectivity index (χ0v) is 15.3. The molecule has 0 fully saturated rings. The molecule has 1 aliphatic heterocycles. The molecule has 1 aliphatic rings. The van der Waals surface area contributed by atoms with Gasteiger partial charge in [-0.25, -0.2) is 0 Å². The smallest absolute Gasteiger partial charge is 0.308 e. The number of carbonyl (C=O) groups is 1. The Morgan fingerprint density at radius 1 is 1.08 bits per heavy atom. The van der Waals surface area contributed by atoms with Crippen LogP contribution in [0.25, 0.3) is 0 Å². The summed E-state index contributed by atoms with van der Waals surface area (Å²) in [5.41, 5.74) is 1.75. The summed E-state index contributed by atoms with van der Waals surface area (Å²) in [4.78, 5) is 27.9. The van der Waals surface area contributed by atoms with E-state index >= 15 is 0 Å². The minimum Gasteiger partial charge on any atom is -0.497 e. The van der Waals surface area contributed by atoms with E-state index in [1.165, 1.54) is 11.3 Å². The van der Waals surface area contributed by atoms with Crippen molar-refractivity contribution in [2.24, 2.45) is 7.05 Å².